The molecule has 1 aliphatic rings. The molecule has 118 valence electrons. The summed E-state index contributed by atoms with van der Waals surface area (Å²) >= 11 is 0. The summed E-state index contributed by atoms with van der Waals surface area (Å²) < 4.78 is 1.82. The van der Waals surface area contributed by atoms with Crippen LogP contribution in [0, 0.1) is 0 Å². The summed E-state index contributed by atoms with van der Waals surface area (Å²) in [6.45, 7) is 1.96. The fraction of sp³-hybridized carbons (Fsp3) is 0.353. The summed E-state index contributed by atoms with van der Waals surface area (Å²) in [5, 5.41) is 20.2. The molecule has 6 nitrogen and oxygen atoms in total. The first-order valence-corrected chi connectivity index (χ1v) is 7.94. The van der Waals surface area contributed by atoms with Gasteiger partial charge < -0.3 is 5.11 Å². The molecule has 0 bridgehead atoms. The maximum Gasteiger partial charge on any atom is 0.0971 e. The van der Waals surface area contributed by atoms with Gasteiger partial charge in [-0.1, -0.05) is 17.3 Å². The number of hydrogen-bond acceptors (Lipinski definition) is 5. The van der Waals surface area contributed by atoms with Crippen molar-refractivity contribution in [2.24, 2.45) is 0 Å². The molecular weight excluding hydrogens is 290 g/mol. The third-order valence-corrected chi connectivity index (χ3v) is 4.52. The number of hydrogen-bond donors (Lipinski definition) is 1. The fourth-order valence-electron chi connectivity index (χ4n) is 3.31. The number of pyridine rings is 1. The highest BCUT2D eigenvalue weighted by Crippen LogP contribution is 2.22. The van der Waals surface area contributed by atoms with Gasteiger partial charge in [-0.15, -0.1) is 5.10 Å². The minimum atomic E-state index is 0.213. The normalized spacial score (nSPS) is 18.7. The molecule has 2 aromatic heterocycles. The zero-order valence-corrected chi connectivity index (χ0v) is 12.8. The monoisotopic (exact) mass is 309 g/mol. The van der Waals surface area contributed by atoms with E-state index in [4.69, 9.17) is 0 Å². The van der Waals surface area contributed by atoms with E-state index in [1.807, 2.05) is 41.3 Å². The zero-order valence-electron chi connectivity index (χ0n) is 12.8. The number of benzene rings is 1. The van der Waals surface area contributed by atoms with Gasteiger partial charge in [0, 0.05) is 35.8 Å². The lowest BCUT2D eigenvalue weighted by Gasteiger charge is -2.20. The third kappa shape index (κ3) is 2.71. The Balaban J connectivity index is 1.62. The van der Waals surface area contributed by atoms with E-state index in [1.165, 1.54) is 0 Å². The zero-order chi connectivity index (χ0) is 15.6. The Hall–Kier alpha value is -2.31. The second-order valence-electron chi connectivity index (χ2n) is 5.98. The molecule has 3 heterocycles. The largest absolute Gasteiger partial charge is 0.395 e. The van der Waals surface area contributed by atoms with Crippen LogP contribution in [0.2, 0.25) is 0 Å². The average molecular weight is 309 g/mol. The molecule has 0 aliphatic carbocycles. The number of aliphatic hydroxyl groups excluding tert-OH is 1. The van der Waals surface area contributed by atoms with Gasteiger partial charge in [0.05, 0.1) is 24.2 Å². The molecule has 1 atom stereocenters. The smallest absolute Gasteiger partial charge is 0.0971 e. The number of aliphatic hydroxyl groups is 1. The molecule has 1 saturated heterocycles. The predicted octanol–water partition coefficient (Wildman–Crippen LogP) is 1.77. The second kappa shape index (κ2) is 6.06. The van der Waals surface area contributed by atoms with E-state index in [9.17, 15) is 5.11 Å². The molecule has 0 saturated carbocycles. The Bertz CT molecular complexity index is 810. The molecule has 1 unspecified atom stereocenters. The topological polar surface area (TPSA) is 67.1 Å². The van der Waals surface area contributed by atoms with Gasteiger partial charge in [-0.3, -0.25) is 9.88 Å². The molecule has 3 aromatic rings. The molecule has 0 radical (unpaired) electrons. The van der Waals surface area contributed by atoms with E-state index in [2.05, 4.69) is 20.2 Å². The van der Waals surface area contributed by atoms with Gasteiger partial charge in [-0.05, 0) is 31.5 Å². The van der Waals surface area contributed by atoms with Crippen LogP contribution in [0.25, 0.3) is 16.5 Å². The van der Waals surface area contributed by atoms with E-state index in [-0.39, 0.29) is 12.6 Å². The molecule has 1 aliphatic heterocycles. The molecule has 1 N–H and O–H groups in total. The summed E-state index contributed by atoms with van der Waals surface area (Å²) in [4.78, 5) is 6.44. The first kappa shape index (κ1) is 14.3. The van der Waals surface area contributed by atoms with Crippen LogP contribution < -0.4 is 0 Å². The molecule has 1 aromatic carbocycles. The van der Waals surface area contributed by atoms with Gasteiger partial charge in [0.1, 0.15) is 0 Å². The minimum Gasteiger partial charge on any atom is -0.395 e. The first-order chi connectivity index (χ1) is 11.3. The van der Waals surface area contributed by atoms with Gasteiger partial charge in [-0.2, -0.15) is 0 Å². The summed E-state index contributed by atoms with van der Waals surface area (Å²) in [5.41, 5.74) is 1.93. The van der Waals surface area contributed by atoms with Gasteiger partial charge in [0.15, 0.2) is 0 Å². The molecule has 1 fully saturated rings. The van der Waals surface area contributed by atoms with Crippen molar-refractivity contribution < 1.29 is 5.11 Å². The average Bonchev–Trinajstić information content (AvgIpc) is 3.24. The number of likely N-dealkylation sites (tertiary alicyclic amines) is 1. The summed E-state index contributed by atoms with van der Waals surface area (Å²) in [6, 6.07) is 8.33. The van der Waals surface area contributed by atoms with Gasteiger partial charge in [-0.25, -0.2) is 4.68 Å². The lowest BCUT2D eigenvalue weighted by Crippen LogP contribution is -2.31. The van der Waals surface area contributed by atoms with Crippen molar-refractivity contribution in [1.29, 1.82) is 0 Å². The number of fused-ring (bicyclic) bond motifs is 1. The van der Waals surface area contributed by atoms with Gasteiger partial charge in [0.25, 0.3) is 0 Å². The standard InChI is InChI=1S/C17H19N5O/c23-12-15-4-2-8-21(15)10-14-11-22(20-19-14)17-5-1-3-13-9-18-7-6-16(13)17/h1,3,5-7,9,11,15,23H,2,4,8,10,12H2. The van der Waals surface area contributed by atoms with Crippen LogP contribution in [0.3, 0.4) is 0 Å². The van der Waals surface area contributed by atoms with E-state index in [1.54, 1.807) is 6.20 Å². The highest BCUT2D eigenvalue weighted by Gasteiger charge is 2.24. The van der Waals surface area contributed by atoms with Crippen molar-refractivity contribution in [3.05, 3.63) is 48.5 Å². The summed E-state index contributed by atoms with van der Waals surface area (Å²) in [5.74, 6) is 0. The maximum absolute atomic E-state index is 9.43. The maximum atomic E-state index is 9.43. The highest BCUT2D eigenvalue weighted by molar-refractivity contribution is 5.89. The van der Waals surface area contributed by atoms with Gasteiger partial charge >= 0.3 is 0 Å². The number of nitrogens with zero attached hydrogens (tertiary/aromatic N) is 5. The Morgan fingerprint density at radius 2 is 2.22 bits per heavy atom. The summed E-state index contributed by atoms with van der Waals surface area (Å²) in [6.07, 6.45) is 7.81. The third-order valence-electron chi connectivity index (χ3n) is 4.52. The SMILES string of the molecule is OCC1CCCN1Cc1cn(-c2cccc3cnccc23)nn1. The van der Waals surface area contributed by atoms with Crippen molar-refractivity contribution in [2.75, 3.05) is 13.2 Å². The van der Waals surface area contributed by atoms with Crippen molar-refractivity contribution in [3.63, 3.8) is 0 Å². The Labute approximate surface area is 134 Å². The van der Waals surface area contributed by atoms with E-state index in [0.717, 1.165) is 48.1 Å². The van der Waals surface area contributed by atoms with Crippen LogP contribution in [-0.4, -0.2) is 49.2 Å². The van der Waals surface area contributed by atoms with Crippen LogP contribution in [0.1, 0.15) is 18.5 Å². The Morgan fingerprint density at radius 1 is 1.26 bits per heavy atom. The lowest BCUT2D eigenvalue weighted by molar-refractivity contribution is 0.152. The van der Waals surface area contributed by atoms with E-state index < -0.39 is 0 Å². The van der Waals surface area contributed by atoms with E-state index in [0.29, 0.717) is 0 Å². The minimum absolute atomic E-state index is 0.213. The van der Waals surface area contributed by atoms with Crippen molar-refractivity contribution in [3.8, 4) is 5.69 Å². The second-order valence-corrected chi connectivity index (χ2v) is 5.98. The Kier molecular flexibility index (Phi) is 3.77. The quantitative estimate of drug-likeness (QED) is 0.795. The number of rotatable bonds is 4. The van der Waals surface area contributed by atoms with Crippen LogP contribution in [-0.2, 0) is 6.54 Å². The number of aromatic nitrogens is 4. The van der Waals surface area contributed by atoms with Crippen LogP contribution in [0.15, 0.2) is 42.9 Å². The first-order valence-electron chi connectivity index (χ1n) is 7.94. The Morgan fingerprint density at radius 3 is 3.13 bits per heavy atom. The van der Waals surface area contributed by atoms with Crippen molar-refractivity contribution >= 4 is 10.8 Å². The highest BCUT2D eigenvalue weighted by atomic mass is 16.3. The van der Waals surface area contributed by atoms with Crippen LogP contribution >= 0.6 is 0 Å². The molecule has 23 heavy (non-hydrogen) atoms. The summed E-state index contributed by atoms with van der Waals surface area (Å²) in [7, 11) is 0. The molecule has 4 rings (SSSR count). The fourth-order valence-corrected chi connectivity index (χ4v) is 3.31. The predicted molar refractivity (Wildman–Crippen MR) is 87.2 cm³/mol. The molecule has 0 spiro atoms. The molecular formula is C17H19N5O. The van der Waals surface area contributed by atoms with Crippen molar-refractivity contribution in [1.82, 2.24) is 24.9 Å². The molecule has 6 heteroatoms. The van der Waals surface area contributed by atoms with E-state index >= 15 is 0 Å². The van der Waals surface area contributed by atoms with Gasteiger partial charge in [0.2, 0.25) is 0 Å². The molecule has 0 amide bonds. The lowest BCUT2D eigenvalue weighted by atomic mass is 10.1. The van der Waals surface area contributed by atoms with Crippen LogP contribution in [0.5, 0.6) is 0 Å². The van der Waals surface area contributed by atoms with Crippen molar-refractivity contribution in [2.45, 2.75) is 25.4 Å². The van der Waals surface area contributed by atoms with Crippen LogP contribution in [0.4, 0.5) is 0 Å².